The fraction of sp³-hybridized carbons (Fsp3) is 0.833. The Bertz CT molecular complexity index is 129. The molecule has 0 aliphatic carbocycles. The van der Waals surface area contributed by atoms with Gasteiger partial charge in [-0.15, -0.1) is 0 Å². The minimum absolute atomic E-state index is 0.167. The van der Waals surface area contributed by atoms with Gasteiger partial charge >= 0.3 is 0 Å². The van der Waals surface area contributed by atoms with E-state index in [1.54, 1.807) is 6.92 Å². The first-order valence-electron chi connectivity index (χ1n) is 3.39. The average molecular weight is 162 g/mol. The first-order chi connectivity index (χ1) is 5.07. The van der Waals surface area contributed by atoms with Crippen LogP contribution in [0.1, 0.15) is 6.92 Å². The number of primary amides is 1. The molecule has 0 fully saturated rings. The molecule has 0 aliphatic heterocycles. The number of carbonyl (C=O) groups excluding carboxylic acids is 1. The summed E-state index contributed by atoms with van der Waals surface area (Å²) >= 11 is 0. The fourth-order valence-corrected chi connectivity index (χ4v) is 0.478. The van der Waals surface area contributed by atoms with Crippen molar-refractivity contribution < 1.29 is 15.0 Å². The zero-order chi connectivity index (χ0) is 8.85. The van der Waals surface area contributed by atoms with Gasteiger partial charge in [-0.3, -0.25) is 4.79 Å². The summed E-state index contributed by atoms with van der Waals surface area (Å²) in [7, 11) is 0. The molecule has 66 valence electrons. The molecule has 0 saturated carbocycles. The average Bonchev–Trinajstić information content (AvgIpc) is 1.99. The first kappa shape index (κ1) is 10.3. The second-order valence-electron chi connectivity index (χ2n) is 2.37. The van der Waals surface area contributed by atoms with Gasteiger partial charge in [0.2, 0.25) is 5.91 Å². The highest BCUT2D eigenvalue weighted by Gasteiger charge is 2.09. The minimum Gasteiger partial charge on any atom is -0.394 e. The standard InChI is InChI=1S/C6H14N2O3/c1-4(6(7)11)8-2-5(10)3-9/h4-5,8-10H,2-3H2,1H3,(H2,7,11)/t4?,5-/m0/s1. The molecule has 0 aliphatic rings. The Balaban J connectivity index is 3.45. The molecule has 5 N–H and O–H groups in total. The third-order valence-corrected chi connectivity index (χ3v) is 1.30. The summed E-state index contributed by atoms with van der Waals surface area (Å²) < 4.78 is 0. The summed E-state index contributed by atoms with van der Waals surface area (Å²) in [5.74, 6) is -0.477. The van der Waals surface area contributed by atoms with E-state index in [-0.39, 0.29) is 13.2 Å². The van der Waals surface area contributed by atoms with Crippen molar-refractivity contribution in [3.8, 4) is 0 Å². The molecular formula is C6H14N2O3. The summed E-state index contributed by atoms with van der Waals surface area (Å²) in [5.41, 5.74) is 4.92. The van der Waals surface area contributed by atoms with Crippen LogP contribution in [-0.4, -0.2) is 41.4 Å². The highest BCUT2D eigenvalue weighted by molar-refractivity contribution is 5.79. The van der Waals surface area contributed by atoms with Gasteiger partial charge in [-0.05, 0) is 6.92 Å². The van der Waals surface area contributed by atoms with Crippen molar-refractivity contribution >= 4 is 5.91 Å². The van der Waals surface area contributed by atoms with Gasteiger partial charge in [0, 0.05) is 6.54 Å². The van der Waals surface area contributed by atoms with E-state index < -0.39 is 18.1 Å². The lowest BCUT2D eigenvalue weighted by Gasteiger charge is -2.12. The van der Waals surface area contributed by atoms with Crippen LogP contribution in [0.3, 0.4) is 0 Å². The van der Waals surface area contributed by atoms with Crippen LogP contribution in [-0.2, 0) is 4.79 Å². The number of amides is 1. The van der Waals surface area contributed by atoms with Crippen molar-refractivity contribution in [3.63, 3.8) is 0 Å². The van der Waals surface area contributed by atoms with Gasteiger partial charge in [0.05, 0.1) is 18.8 Å². The van der Waals surface area contributed by atoms with E-state index in [9.17, 15) is 4.79 Å². The number of carbonyl (C=O) groups is 1. The van der Waals surface area contributed by atoms with Crippen LogP contribution in [0.4, 0.5) is 0 Å². The number of nitrogens with one attached hydrogen (secondary N) is 1. The molecule has 0 aromatic carbocycles. The van der Waals surface area contributed by atoms with Crippen molar-refractivity contribution in [2.45, 2.75) is 19.1 Å². The lowest BCUT2D eigenvalue weighted by atomic mass is 10.3. The van der Waals surface area contributed by atoms with Crippen molar-refractivity contribution in [1.29, 1.82) is 0 Å². The van der Waals surface area contributed by atoms with Gasteiger partial charge in [-0.1, -0.05) is 0 Å². The van der Waals surface area contributed by atoms with E-state index in [4.69, 9.17) is 15.9 Å². The molecule has 5 heteroatoms. The monoisotopic (exact) mass is 162 g/mol. The number of hydrogen-bond acceptors (Lipinski definition) is 4. The Morgan fingerprint density at radius 3 is 2.64 bits per heavy atom. The topological polar surface area (TPSA) is 95.6 Å². The maximum absolute atomic E-state index is 10.4. The highest BCUT2D eigenvalue weighted by Crippen LogP contribution is 1.81. The number of nitrogens with two attached hydrogens (primary N) is 1. The first-order valence-corrected chi connectivity index (χ1v) is 3.39. The molecular weight excluding hydrogens is 148 g/mol. The Hall–Kier alpha value is -0.650. The van der Waals surface area contributed by atoms with Crippen LogP contribution in [0.2, 0.25) is 0 Å². The Labute approximate surface area is 65.2 Å². The zero-order valence-electron chi connectivity index (χ0n) is 6.45. The van der Waals surface area contributed by atoms with Crippen molar-refractivity contribution in [2.24, 2.45) is 5.73 Å². The maximum Gasteiger partial charge on any atom is 0.234 e. The molecule has 0 radical (unpaired) electrons. The van der Waals surface area contributed by atoms with Gasteiger partial charge in [0.25, 0.3) is 0 Å². The van der Waals surface area contributed by atoms with Gasteiger partial charge < -0.3 is 21.3 Å². The van der Waals surface area contributed by atoms with E-state index in [2.05, 4.69) is 5.32 Å². The van der Waals surface area contributed by atoms with Crippen LogP contribution >= 0.6 is 0 Å². The second kappa shape index (κ2) is 5.06. The molecule has 1 amide bonds. The maximum atomic E-state index is 10.4. The van der Waals surface area contributed by atoms with Gasteiger partial charge in [0.15, 0.2) is 0 Å². The molecule has 11 heavy (non-hydrogen) atoms. The molecule has 5 nitrogen and oxygen atoms in total. The van der Waals surface area contributed by atoms with E-state index in [0.29, 0.717) is 0 Å². The molecule has 0 aromatic rings. The summed E-state index contributed by atoms with van der Waals surface area (Å²) in [6.45, 7) is 1.44. The predicted molar refractivity (Wildman–Crippen MR) is 39.8 cm³/mol. The normalized spacial score (nSPS) is 15.9. The summed E-state index contributed by atoms with van der Waals surface area (Å²) in [6, 6.07) is -0.476. The van der Waals surface area contributed by atoms with Crippen LogP contribution in [0.5, 0.6) is 0 Å². The number of rotatable bonds is 5. The molecule has 0 saturated heterocycles. The molecule has 2 atom stereocenters. The largest absolute Gasteiger partial charge is 0.394 e. The summed E-state index contributed by atoms with van der Waals surface area (Å²) in [4.78, 5) is 10.4. The Kier molecular flexibility index (Phi) is 4.76. The van der Waals surface area contributed by atoms with Crippen LogP contribution in [0, 0.1) is 0 Å². The minimum atomic E-state index is -0.836. The van der Waals surface area contributed by atoms with Crippen molar-refractivity contribution in [1.82, 2.24) is 5.32 Å². The third kappa shape index (κ3) is 4.72. The van der Waals surface area contributed by atoms with Crippen molar-refractivity contribution in [2.75, 3.05) is 13.2 Å². The Morgan fingerprint density at radius 2 is 2.27 bits per heavy atom. The van der Waals surface area contributed by atoms with E-state index in [0.717, 1.165) is 0 Å². The summed E-state index contributed by atoms with van der Waals surface area (Å²) in [6.07, 6.45) is -0.836. The molecule has 0 rings (SSSR count). The molecule has 0 spiro atoms. The van der Waals surface area contributed by atoms with Crippen LogP contribution in [0.15, 0.2) is 0 Å². The van der Waals surface area contributed by atoms with Crippen LogP contribution in [0.25, 0.3) is 0 Å². The fourth-order valence-electron chi connectivity index (χ4n) is 0.478. The highest BCUT2D eigenvalue weighted by atomic mass is 16.3. The SMILES string of the molecule is CC(NC[C@H](O)CO)C(N)=O. The van der Waals surface area contributed by atoms with E-state index in [1.165, 1.54) is 0 Å². The van der Waals surface area contributed by atoms with E-state index >= 15 is 0 Å². The lowest BCUT2D eigenvalue weighted by Crippen LogP contribution is -2.42. The predicted octanol–water partition coefficient (Wildman–Crippen LogP) is -2.20. The van der Waals surface area contributed by atoms with Gasteiger partial charge in [0.1, 0.15) is 0 Å². The number of aliphatic hydroxyl groups is 2. The van der Waals surface area contributed by atoms with Gasteiger partial charge in [-0.25, -0.2) is 0 Å². The third-order valence-electron chi connectivity index (χ3n) is 1.30. The lowest BCUT2D eigenvalue weighted by molar-refractivity contribution is -0.119. The summed E-state index contributed by atoms with van der Waals surface area (Å²) in [5, 5.41) is 19.9. The zero-order valence-corrected chi connectivity index (χ0v) is 6.45. The second-order valence-corrected chi connectivity index (χ2v) is 2.37. The molecule has 0 bridgehead atoms. The van der Waals surface area contributed by atoms with Crippen LogP contribution < -0.4 is 11.1 Å². The van der Waals surface area contributed by atoms with Gasteiger partial charge in [-0.2, -0.15) is 0 Å². The quantitative estimate of drug-likeness (QED) is 0.369. The molecule has 1 unspecified atom stereocenters. The smallest absolute Gasteiger partial charge is 0.234 e. The number of hydrogen-bond donors (Lipinski definition) is 4. The molecule has 0 heterocycles. The van der Waals surface area contributed by atoms with Crippen molar-refractivity contribution in [3.05, 3.63) is 0 Å². The molecule has 0 aromatic heterocycles. The van der Waals surface area contributed by atoms with E-state index in [1.807, 2.05) is 0 Å². The Morgan fingerprint density at radius 1 is 1.73 bits per heavy atom. The number of aliphatic hydroxyl groups excluding tert-OH is 2.